The molecule has 0 aliphatic carbocycles. The topological polar surface area (TPSA) is 55.8 Å². The van der Waals surface area contributed by atoms with Crippen molar-refractivity contribution >= 4 is 67.1 Å². The molecule has 0 saturated heterocycles. The maximum Gasteiger partial charge on any atom is 0.333 e. The highest BCUT2D eigenvalue weighted by Gasteiger charge is 2.18. The van der Waals surface area contributed by atoms with Crippen molar-refractivity contribution in [2.45, 2.75) is 19.4 Å². The number of carbonyl (C=O) groups is 1. The smallest absolute Gasteiger partial charge is 0.333 e. The minimum absolute atomic E-state index is 0.301. The summed E-state index contributed by atoms with van der Waals surface area (Å²) in [4.78, 5) is 11.2. The Bertz CT molecular complexity index is 927. The normalized spacial score (nSPS) is 11.7. The van der Waals surface area contributed by atoms with Gasteiger partial charge in [0.05, 0.1) is 4.47 Å². The van der Waals surface area contributed by atoms with Gasteiger partial charge in [0.2, 0.25) is 0 Å². The number of hydrogen-bond donors (Lipinski definition) is 1. The van der Waals surface area contributed by atoms with Gasteiger partial charge in [-0.2, -0.15) is 0 Å². The number of rotatable bonds is 8. The van der Waals surface area contributed by atoms with E-state index in [1.165, 1.54) is 0 Å². The number of benzene rings is 2. The minimum atomic E-state index is -0.963. The second-order valence-corrected chi connectivity index (χ2v) is 9.24. The van der Waals surface area contributed by atoms with Crippen LogP contribution in [0.4, 0.5) is 0 Å². The lowest BCUT2D eigenvalue weighted by atomic mass is 10.1. The van der Waals surface area contributed by atoms with Crippen molar-refractivity contribution in [3.63, 3.8) is 0 Å². The maximum absolute atomic E-state index is 11.2. The van der Waals surface area contributed by atoms with Gasteiger partial charge in [-0.1, -0.05) is 17.9 Å². The average molecular weight is 681 g/mol. The molecule has 0 amide bonds. The highest BCUT2D eigenvalue weighted by atomic mass is 127. The van der Waals surface area contributed by atoms with Crippen LogP contribution in [0.2, 0.25) is 0 Å². The number of allylic oxidation sites excluding steroid dienone is 1. The van der Waals surface area contributed by atoms with Crippen LogP contribution in [-0.2, 0) is 16.0 Å². The summed E-state index contributed by atoms with van der Waals surface area (Å²) in [6, 6.07) is 11.7. The molecule has 1 N–H and O–H groups in total. The third kappa shape index (κ3) is 8.66. The van der Waals surface area contributed by atoms with Crippen molar-refractivity contribution < 1.29 is 19.4 Å². The van der Waals surface area contributed by atoms with Crippen molar-refractivity contribution in [3.8, 4) is 17.6 Å². The van der Waals surface area contributed by atoms with Crippen LogP contribution in [0, 0.1) is 19.0 Å². The molecule has 0 radical (unpaired) electrons. The number of aliphatic carboxylic acids is 1. The molecule has 0 fully saturated rings. The molecular weight excluding hydrogens is 662 g/mol. The Hall–Kier alpha value is -1.09. The third-order valence-electron chi connectivity index (χ3n) is 3.68. The number of carboxylic acids is 1. The van der Waals surface area contributed by atoms with Crippen molar-refractivity contribution in [2.75, 3.05) is 13.2 Å². The van der Waals surface area contributed by atoms with Gasteiger partial charge in [-0.25, -0.2) is 4.79 Å². The number of hydrogen-bond acceptors (Lipinski definition) is 3. The molecule has 7 heteroatoms. The number of carboxylic acid groups (broad SMARTS) is 1. The Kier molecular flexibility index (Phi) is 10.5. The SMILES string of the molecule is CCOC(Cc1ccc(OCC=CC#Cc2cc(I)cc(I)c2)c(Br)c1)C(=O)O. The number of ether oxygens (including phenoxy) is 2. The van der Waals surface area contributed by atoms with Crippen LogP contribution in [0.3, 0.4) is 0 Å². The summed E-state index contributed by atoms with van der Waals surface area (Å²) in [5.74, 6) is 5.84. The predicted octanol–water partition coefficient (Wildman–Crippen LogP) is 5.68. The first-order valence-corrected chi connectivity index (χ1v) is 11.7. The first-order valence-electron chi connectivity index (χ1n) is 8.77. The molecule has 4 nitrogen and oxygen atoms in total. The van der Waals surface area contributed by atoms with Crippen molar-refractivity contribution in [3.05, 3.63) is 71.3 Å². The van der Waals surface area contributed by atoms with E-state index in [-0.39, 0.29) is 0 Å². The predicted molar refractivity (Wildman–Crippen MR) is 134 cm³/mol. The van der Waals surface area contributed by atoms with E-state index in [1.807, 2.05) is 36.4 Å². The fraction of sp³-hybridized carbons (Fsp3) is 0.227. The standard InChI is InChI=1S/C22H19BrI2O4/c1-2-28-21(22(26)27)13-16-7-8-20(19(23)12-16)29-9-5-3-4-6-15-10-17(24)14-18(25)11-15/h3,5,7-8,10-12,14,21H,2,9,13H2,1H3,(H,26,27). The van der Waals surface area contributed by atoms with E-state index < -0.39 is 12.1 Å². The fourth-order valence-electron chi connectivity index (χ4n) is 2.42. The highest BCUT2D eigenvalue weighted by molar-refractivity contribution is 14.1. The van der Waals surface area contributed by atoms with Crippen LogP contribution in [0.1, 0.15) is 18.1 Å². The van der Waals surface area contributed by atoms with Gasteiger partial charge in [0.1, 0.15) is 12.4 Å². The lowest BCUT2D eigenvalue weighted by molar-refractivity contribution is -0.149. The zero-order valence-electron chi connectivity index (χ0n) is 15.6. The summed E-state index contributed by atoms with van der Waals surface area (Å²) >= 11 is 8.03. The second-order valence-electron chi connectivity index (χ2n) is 5.89. The zero-order chi connectivity index (χ0) is 21.2. The molecule has 29 heavy (non-hydrogen) atoms. The molecule has 0 saturated carbocycles. The summed E-state index contributed by atoms with van der Waals surface area (Å²) in [5, 5.41) is 9.20. The lowest BCUT2D eigenvalue weighted by Gasteiger charge is -2.13. The van der Waals surface area contributed by atoms with E-state index in [0.717, 1.165) is 22.7 Å². The van der Waals surface area contributed by atoms with Crippen LogP contribution < -0.4 is 4.74 Å². The van der Waals surface area contributed by atoms with Gasteiger partial charge in [-0.15, -0.1) is 0 Å². The first kappa shape index (κ1) is 24.2. The summed E-state index contributed by atoms with van der Waals surface area (Å²) < 4.78 is 14.1. The highest BCUT2D eigenvalue weighted by Crippen LogP contribution is 2.27. The van der Waals surface area contributed by atoms with Gasteiger partial charge in [0.25, 0.3) is 0 Å². The van der Waals surface area contributed by atoms with Crippen LogP contribution in [-0.4, -0.2) is 30.4 Å². The van der Waals surface area contributed by atoms with E-state index in [4.69, 9.17) is 9.47 Å². The molecule has 1 unspecified atom stereocenters. The van der Waals surface area contributed by atoms with Gasteiger partial charge in [0.15, 0.2) is 6.10 Å². The van der Waals surface area contributed by atoms with Crippen LogP contribution in [0.5, 0.6) is 5.75 Å². The molecule has 2 aromatic carbocycles. The Balaban J connectivity index is 1.90. The Morgan fingerprint density at radius 2 is 1.97 bits per heavy atom. The van der Waals surface area contributed by atoms with E-state index in [2.05, 4.69) is 79.0 Å². The molecule has 1 atom stereocenters. The second kappa shape index (κ2) is 12.6. The minimum Gasteiger partial charge on any atom is -0.488 e. The first-order chi connectivity index (χ1) is 13.9. The van der Waals surface area contributed by atoms with Crippen LogP contribution >= 0.6 is 61.1 Å². The van der Waals surface area contributed by atoms with Gasteiger partial charge in [-0.3, -0.25) is 0 Å². The molecule has 0 bridgehead atoms. The van der Waals surface area contributed by atoms with Crippen molar-refractivity contribution in [1.82, 2.24) is 0 Å². The average Bonchev–Trinajstić information content (AvgIpc) is 2.64. The summed E-state index contributed by atoms with van der Waals surface area (Å²) in [5.41, 5.74) is 1.84. The fourth-order valence-corrected chi connectivity index (χ4v) is 4.90. The van der Waals surface area contributed by atoms with Crippen LogP contribution in [0.25, 0.3) is 0 Å². The van der Waals surface area contributed by atoms with Crippen molar-refractivity contribution in [2.24, 2.45) is 0 Å². The Morgan fingerprint density at radius 3 is 2.59 bits per heavy atom. The van der Waals surface area contributed by atoms with E-state index in [1.54, 1.807) is 13.0 Å². The zero-order valence-corrected chi connectivity index (χ0v) is 21.5. The van der Waals surface area contributed by atoms with Crippen molar-refractivity contribution in [1.29, 1.82) is 0 Å². The summed E-state index contributed by atoms with van der Waals surface area (Å²) in [7, 11) is 0. The Labute approximate surface area is 206 Å². The molecule has 0 aliphatic rings. The lowest BCUT2D eigenvalue weighted by Crippen LogP contribution is -2.26. The third-order valence-corrected chi connectivity index (χ3v) is 5.54. The van der Waals surface area contributed by atoms with Gasteiger partial charge in [-0.05, 0) is 116 Å². The van der Waals surface area contributed by atoms with E-state index in [0.29, 0.717) is 25.4 Å². The van der Waals surface area contributed by atoms with E-state index in [9.17, 15) is 9.90 Å². The molecule has 0 aliphatic heterocycles. The molecule has 0 spiro atoms. The summed E-state index contributed by atoms with van der Waals surface area (Å²) in [6.07, 6.45) is 3.07. The molecule has 152 valence electrons. The van der Waals surface area contributed by atoms with Gasteiger partial charge < -0.3 is 14.6 Å². The van der Waals surface area contributed by atoms with Gasteiger partial charge >= 0.3 is 5.97 Å². The monoisotopic (exact) mass is 680 g/mol. The number of halogens is 3. The van der Waals surface area contributed by atoms with Gasteiger partial charge in [0, 0.05) is 25.7 Å². The molecule has 0 heterocycles. The Morgan fingerprint density at radius 1 is 1.24 bits per heavy atom. The quantitative estimate of drug-likeness (QED) is 0.288. The molecule has 2 rings (SSSR count). The maximum atomic E-state index is 11.2. The molecule has 0 aromatic heterocycles. The largest absolute Gasteiger partial charge is 0.488 e. The molecule has 2 aromatic rings. The summed E-state index contributed by atoms with van der Waals surface area (Å²) in [6.45, 7) is 2.52. The molecular formula is C22H19BrI2O4. The van der Waals surface area contributed by atoms with E-state index >= 15 is 0 Å². The van der Waals surface area contributed by atoms with Crippen LogP contribution in [0.15, 0.2) is 53.0 Å².